The summed E-state index contributed by atoms with van der Waals surface area (Å²) in [4.78, 5) is 2.59. The molecule has 130 valence electrons. The quantitative estimate of drug-likeness (QED) is 0.841. The maximum absolute atomic E-state index is 5.85. The number of hydrogen-bond acceptors (Lipinski definition) is 3. The minimum Gasteiger partial charge on any atom is -0.496 e. The van der Waals surface area contributed by atoms with Crippen molar-refractivity contribution in [2.75, 3.05) is 20.3 Å². The fourth-order valence-corrected chi connectivity index (χ4v) is 3.97. The standard InChI is InChI=1S/C22H25NO2/c1-16-8-9-21(22(10-16)24-2)18-11-19-14-25-15-20(12-18)23(19)13-17-6-4-3-5-7-17/h3-11,19-20H,12-15H2,1-2H3. The van der Waals surface area contributed by atoms with Gasteiger partial charge in [0.05, 0.1) is 26.4 Å². The summed E-state index contributed by atoms with van der Waals surface area (Å²) in [7, 11) is 1.76. The van der Waals surface area contributed by atoms with Crippen LogP contribution in [0.3, 0.4) is 0 Å². The Morgan fingerprint density at radius 3 is 2.72 bits per heavy atom. The number of morpholine rings is 1. The van der Waals surface area contributed by atoms with Gasteiger partial charge in [0.2, 0.25) is 0 Å². The van der Waals surface area contributed by atoms with Crippen molar-refractivity contribution < 1.29 is 9.47 Å². The van der Waals surface area contributed by atoms with Gasteiger partial charge in [-0.25, -0.2) is 0 Å². The summed E-state index contributed by atoms with van der Waals surface area (Å²) in [5, 5.41) is 0. The molecule has 2 bridgehead atoms. The highest BCUT2D eigenvalue weighted by molar-refractivity contribution is 5.72. The van der Waals surface area contributed by atoms with Crippen molar-refractivity contribution >= 4 is 5.57 Å². The van der Waals surface area contributed by atoms with Gasteiger partial charge in [0.1, 0.15) is 5.75 Å². The molecule has 0 spiro atoms. The van der Waals surface area contributed by atoms with E-state index in [1.807, 2.05) is 0 Å². The molecule has 2 heterocycles. The predicted octanol–water partition coefficient (Wildman–Crippen LogP) is 4.06. The Balaban J connectivity index is 1.63. The first-order valence-corrected chi connectivity index (χ1v) is 8.97. The van der Waals surface area contributed by atoms with E-state index in [2.05, 4.69) is 66.4 Å². The Hall–Kier alpha value is -2.10. The average Bonchev–Trinajstić information content (AvgIpc) is 2.62. The van der Waals surface area contributed by atoms with Crippen molar-refractivity contribution in [1.82, 2.24) is 4.90 Å². The summed E-state index contributed by atoms with van der Waals surface area (Å²) in [5.74, 6) is 0.974. The Morgan fingerprint density at radius 2 is 1.96 bits per heavy atom. The molecular weight excluding hydrogens is 310 g/mol. The molecule has 1 fully saturated rings. The van der Waals surface area contributed by atoms with Crippen LogP contribution in [-0.4, -0.2) is 37.3 Å². The van der Waals surface area contributed by atoms with Crippen LogP contribution in [0.5, 0.6) is 5.75 Å². The molecule has 0 aliphatic carbocycles. The first kappa shape index (κ1) is 16.4. The predicted molar refractivity (Wildman–Crippen MR) is 101 cm³/mol. The minimum atomic E-state index is 0.328. The molecule has 2 aliphatic rings. The Bertz CT molecular complexity index is 769. The van der Waals surface area contributed by atoms with Crippen LogP contribution >= 0.6 is 0 Å². The van der Waals surface area contributed by atoms with Gasteiger partial charge in [-0.15, -0.1) is 0 Å². The summed E-state index contributed by atoms with van der Waals surface area (Å²) in [6.45, 7) is 4.65. The van der Waals surface area contributed by atoms with Crippen LogP contribution < -0.4 is 4.74 Å². The van der Waals surface area contributed by atoms with Crippen LogP contribution in [0, 0.1) is 6.92 Å². The van der Waals surface area contributed by atoms with Gasteiger partial charge in [0.15, 0.2) is 0 Å². The van der Waals surface area contributed by atoms with Crippen LogP contribution in [-0.2, 0) is 11.3 Å². The molecule has 3 nitrogen and oxygen atoms in total. The number of benzene rings is 2. The van der Waals surface area contributed by atoms with Gasteiger partial charge in [-0.1, -0.05) is 48.5 Å². The van der Waals surface area contributed by atoms with Gasteiger partial charge in [0.25, 0.3) is 0 Å². The first-order chi connectivity index (χ1) is 12.2. The lowest BCUT2D eigenvalue weighted by Crippen LogP contribution is -2.53. The van der Waals surface area contributed by atoms with Gasteiger partial charge in [-0.2, -0.15) is 0 Å². The molecule has 25 heavy (non-hydrogen) atoms. The van der Waals surface area contributed by atoms with Crippen molar-refractivity contribution in [3.63, 3.8) is 0 Å². The van der Waals surface area contributed by atoms with Crippen molar-refractivity contribution in [3.05, 3.63) is 71.3 Å². The lowest BCUT2D eigenvalue weighted by Gasteiger charge is -2.45. The SMILES string of the molecule is COc1cc(C)ccc1C1=CC2COCC(C1)N2Cc1ccccc1. The van der Waals surface area contributed by atoms with E-state index in [0.29, 0.717) is 12.1 Å². The smallest absolute Gasteiger partial charge is 0.126 e. The molecule has 3 heteroatoms. The molecule has 0 saturated carbocycles. The third-order valence-electron chi connectivity index (χ3n) is 5.25. The van der Waals surface area contributed by atoms with E-state index in [1.54, 1.807) is 7.11 Å². The minimum absolute atomic E-state index is 0.328. The number of nitrogens with zero attached hydrogens (tertiary/aromatic N) is 1. The first-order valence-electron chi connectivity index (χ1n) is 8.97. The van der Waals surface area contributed by atoms with Crippen molar-refractivity contribution in [1.29, 1.82) is 0 Å². The van der Waals surface area contributed by atoms with E-state index in [-0.39, 0.29) is 0 Å². The third-order valence-corrected chi connectivity index (χ3v) is 5.25. The summed E-state index contributed by atoms with van der Waals surface area (Å²) < 4.78 is 11.5. The molecule has 2 aromatic rings. The molecule has 2 aromatic carbocycles. The summed E-state index contributed by atoms with van der Waals surface area (Å²) in [5.41, 5.74) is 5.21. The number of hydrogen-bond donors (Lipinski definition) is 0. The van der Waals surface area contributed by atoms with Gasteiger partial charge >= 0.3 is 0 Å². The van der Waals surface area contributed by atoms with Crippen LogP contribution in [0.2, 0.25) is 0 Å². The van der Waals surface area contributed by atoms with Crippen LogP contribution in [0.15, 0.2) is 54.6 Å². The number of methoxy groups -OCH3 is 1. The van der Waals surface area contributed by atoms with Crippen LogP contribution in [0.1, 0.15) is 23.1 Å². The normalized spacial score (nSPS) is 23.2. The molecule has 0 amide bonds. The second kappa shape index (κ2) is 7.03. The highest BCUT2D eigenvalue weighted by Gasteiger charge is 2.35. The molecule has 0 radical (unpaired) electrons. The largest absolute Gasteiger partial charge is 0.496 e. The second-order valence-corrected chi connectivity index (χ2v) is 7.02. The molecular formula is C22H25NO2. The van der Waals surface area contributed by atoms with Crippen molar-refractivity contribution in [3.8, 4) is 5.75 Å². The zero-order valence-electron chi connectivity index (χ0n) is 14.9. The van der Waals surface area contributed by atoms with Gasteiger partial charge < -0.3 is 9.47 Å². The van der Waals surface area contributed by atoms with E-state index in [1.165, 1.54) is 22.3 Å². The van der Waals surface area contributed by atoms with E-state index < -0.39 is 0 Å². The number of aryl methyl sites for hydroxylation is 1. The third kappa shape index (κ3) is 3.35. The van der Waals surface area contributed by atoms with Crippen LogP contribution in [0.25, 0.3) is 5.57 Å². The summed E-state index contributed by atoms with van der Waals surface area (Å²) >= 11 is 0. The van der Waals surface area contributed by atoms with Crippen molar-refractivity contribution in [2.24, 2.45) is 0 Å². The molecule has 4 rings (SSSR count). The molecule has 0 aromatic heterocycles. The monoisotopic (exact) mass is 335 g/mol. The summed E-state index contributed by atoms with van der Waals surface area (Å²) in [6, 6.07) is 18.0. The highest BCUT2D eigenvalue weighted by Crippen LogP contribution is 2.37. The van der Waals surface area contributed by atoms with E-state index in [9.17, 15) is 0 Å². The fraction of sp³-hybridized carbons (Fsp3) is 0.364. The lowest BCUT2D eigenvalue weighted by molar-refractivity contribution is -0.0403. The number of fused-ring (bicyclic) bond motifs is 2. The fourth-order valence-electron chi connectivity index (χ4n) is 3.97. The maximum Gasteiger partial charge on any atom is 0.126 e. The van der Waals surface area contributed by atoms with Crippen molar-refractivity contribution in [2.45, 2.75) is 32.0 Å². The Kier molecular flexibility index (Phi) is 4.60. The molecule has 2 unspecified atom stereocenters. The van der Waals surface area contributed by atoms with Gasteiger partial charge in [0, 0.05) is 18.2 Å². The Labute approximate surface area is 149 Å². The molecule has 2 aliphatic heterocycles. The average molecular weight is 335 g/mol. The number of rotatable bonds is 4. The van der Waals surface area contributed by atoms with E-state index in [4.69, 9.17) is 9.47 Å². The zero-order chi connectivity index (χ0) is 17.2. The maximum atomic E-state index is 5.85. The zero-order valence-corrected chi connectivity index (χ0v) is 14.9. The van der Waals surface area contributed by atoms with Crippen LogP contribution in [0.4, 0.5) is 0 Å². The number of ether oxygens (including phenoxy) is 2. The topological polar surface area (TPSA) is 21.7 Å². The lowest BCUT2D eigenvalue weighted by atomic mass is 9.88. The molecule has 2 atom stereocenters. The Morgan fingerprint density at radius 1 is 1.12 bits per heavy atom. The van der Waals surface area contributed by atoms with Gasteiger partial charge in [-0.05, 0) is 36.1 Å². The van der Waals surface area contributed by atoms with Gasteiger partial charge in [-0.3, -0.25) is 4.90 Å². The van der Waals surface area contributed by atoms with E-state index >= 15 is 0 Å². The highest BCUT2D eigenvalue weighted by atomic mass is 16.5. The summed E-state index contributed by atoms with van der Waals surface area (Å²) in [6.07, 6.45) is 3.38. The molecule has 0 N–H and O–H groups in total. The second-order valence-electron chi connectivity index (χ2n) is 7.02. The molecule has 1 saturated heterocycles. The van der Waals surface area contributed by atoms with E-state index in [0.717, 1.165) is 31.9 Å².